The molecule has 6 nitrogen and oxygen atoms in total. The number of carbonyl (C=O) groups excluding carboxylic acids is 1. The van der Waals surface area contributed by atoms with Crippen LogP contribution in [0.1, 0.15) is 48.9 Å². The molecule has 2 saturated carbocycles. The monoisotopic (exact) mass is 458 g/mol. The van der Waals surface area contributed by atoms with E-state index in [1.54, 1.807) is 19.0 Å². The zero-order valence-corrected chi connectivity index (χ0v) is 20.2. The topological polar surface area (TPSA) is 50.6 Å². The van der Waals surface area contributed by atoms with E-state index in [4.69, 9.17) is 4.74 Å². The smallest absolute Gasteiger partial charge is 0.253 e. The second-order valence-electron chi connectivity index (χ2n) is 10.6. The fraction of sp³-hybridized carbons (Fsp3) is 0.500. The Bertz CT molecular complexity index is 1180. The summed E-state index contributed by atoms with van der Waals surface area (Å²) in [5.74, 6) is 3.67. The van der Waals surface area contributed by atoms with Gasteiger partial charge in [0, 0.05) is 50.4 Å². The molecule has 0 N–H and O–H groups in total. The maximum atomic E-state index is 12.3. The Balaban J connectivity index is 1.09. The maximum absolute atomic E-state index is 12.3. The Morgan fingerprint density at radius 1 is 1.03 bits per heavy atom. The minimum absolute atomic E-state index is 0.00980. The summed E-state index contributed by atoms with van der Waals surface area (Å²) in [7, 11) is 3.54. The number of likely N-dealkylation sites (tertiary alicyclic amines) is 1. The van der Waals surface area contributed by atoms with Crippen molar-refractivity contribution in [2.75, 3.05) is 27.2 Å². The van der Waals surface area contributed by atoms with E-state index < -0.39 is 0 Å². The molecule has 2 aliphatic carbocycles. The van der Waals surface area contributed by atoms with Gasteiger partial charge >= 0.3 is 0 Å². The first-order chi connectivity index (χ1) is 16.5. The third-order valence-corrected chi connectivity index (χ3v) is 8.26. The van der Waals surface area contributed by atoms with E-state index in [2.05, 4.69) is 14.5 Å². The molecule has 3 aliphatic rings. The van der Waals surface area contributed by atoms with Gasteiger partial charge in [-0.15, -0.1) is 0 Å². The van der Waals surface area contributed by atoms with Gasteiger partial charge in [0.05, 0.1) is 11.7 Å². The fourth-order valence-corrected chi connectivity index (χ4v) is 6.49. The number of amides is 1. The number of pyridine rings is 1. The van der Waals surface area contributed by atoms with Crippen LogP contribution in [0, 0.1) is 11.8 Å². The third-order valence-electron chi connectivity index (χ3n) is 8.26. The predicted octanol–water partition coefficient (Wildman–Crippen LogP) is 4.76. The lowest BCUT2D eigenvalue weighted by Gasteiger charge is -2.39. The van der Waals surface area contributed by atoms with Crippen LogP contribution in [0.25, 0.3) is 16.7 Å². The van der Waals surface area contributed by atoms with Crippen LogP contribution in [0.5, 0.6) is 5.75 Å². The van der Waals surface area contributed by atoms with Crippen LogP contribution < -0.4 is 4.74 Å². The van der Waals surface area contributed by atoms with Crippen molar-refractivity contribution < 1.29 is 9.53 Å². The van der Waals surface area contributed by atoms with E-state index in [1.165, 1.54) is 25.7 Å². The van der Waals surface area contributed by atoms with Crippen molar-refractivity contribution in [1.29, 1.82) is 0 Å². The van der Waals surface area contributed by atoms with Crippen molar-refractivity contribution in [3.05, 3.63) is 54.4 Å². The summed E-state index contributed by atoms with van der Waals surface area (Å²) >= 11 is 0. The number of ether oxygens (including phenoxy) is 1. The molecule has 1 aromatic carbocycles. The van der Waals surface area contributed by atoms with Crippen LogP contribution in [0.15, 0.2) is 48.8 Å². The van der Waals surface area contributed by atoms with Gasteiger partial charge in [-0.25, -0.2) is 4.98 Å². The zero-order chi connectivity index (χ0) is 23.2. The summed E-state index contributed by atoms with van der Waals surface area (Å²) in [6, 6.07) is 12.7. The third kappa shape index (κ3) is 3.98. The molecule has 3 heterocycles. The van der Waals surface area contributed by atoms with E-state index >= 15 is 0 Å². The molecule has 3 aromatic rings. The molecule has 2 aromatic heterocycles. The highest BCUT2D eigenvalue weighted by Gasteiger charge is 2.42. The Morgan fingerprint density at radius 3 is 2.56 bits per heavy atom. The number of benzene rings is 1. The Morgan fingerprint density at radius 2 is 1.88 bits per heavy atom. The normalized spacial score (nSPS) is 25.2. The molecular formula is C28H34N4O2. The average molecular weight is 459 g/mol. The van der Waals surface area contributed by atoms with E-state index in [0.29, 0.717) is 5.56 Å². The number of hydrogen-bond acceptors (Lipinski definition) is 4. The van der Waals surface area contributed by atoms with Crippen molar-refractivity contribution >= 4 is 16.8 Å². The van der Waals surface area contributed by atoms with Gasteiger partial charge in [0.25, 0.3) is 5.91 Å². The number of rotatable bonds is 5. The van der Waals surface area contributed by atoms with E-state index in [1.807, 2.05) is 48.8 Å². The standard InChI is InChI=1S/C28H34N4O2/c1-30(2)28(33)22-5-7-25-21(17-22)9-14-32(25)27-8-6-24(18-29-27)34-23-10-12-31(13-11-23)26-16-19-3-4-20(26)15-19/h5-9,14,17-20,23,26H,3-4,10-13,15-16H2,1-2H3/t19-,20-,26?/m0/s1. The first kappa shape index (κ1) is 21.7. The van der Waals surface area contributed by atoms with Gasteiger partial charge in [-0.1, -0.05) is 6.42 Å². The van der Waals surface area contributed by atoms with Gasteiger partial charge in [0.15, 0.2) is 0 Å². The lowest BCUT2D eigenvalue weighted by Crippen LogP contribution is -2.46. The quantitative estimate of drug-likeness (QED) is 0.553. The molecule has 178 valence electrons. The minimum Gasteiger partial charge on any atom is -0.489 e. The number of piperidine rings is 1. The van der Waals surface area contributed by atoms with Crippen LogP contribution in [0.3, 0.4) is 0 Å². The van der Waals surface area contributed by atoms with E-state index in [9.17, 15) is 4.79 Å². The highest BCUT2D eigenvalue weighted by atomic mass is 16.5. The molecule has 0 spiro atoms. The number of fused-ring (bicyclic) bond motifs is 3. The molecule has 1 saturated heterocycles. The SMILES string of the molecule is CN(C)C(=O)c1ccc2c(ccn2-c2ccc(OC3CCN(C4C[C@H]5CC[C@H]4C5)CC3)cn2)c1. The van der Waals surface area contributed by atoms with E-state index in [-0.39, 0.29) is 12.0 Å². The fourth-order valence-electron chi connectivity index (χ4n) is 6.49. The molecule has 34 heavy (non-hydrogen) atoms. The highest BCUT2D eigenvalue weighted by molar-refractivity contribution is 5.98. The summed E-state index contributed by atoms with van der Waals surface area (Å²) in [5, 5.41) is 1.03. The largest absolute Gasteiger partial charge is 0.489 e. The van der Waals surface area contributed by atoms with Crippen LogP contribution >= 0.6 is 0 Å². The summed E-state index contributed by atoms with van der Waals surface area (Å²) in [5.41, 5.74) is 1.72. The number of aromatic nitrogens is 2. The highest BCUT2D eigenvalue weighted by Crippen LogP contribution is 2.47. The lowest BCUT2D eigenvalue weighted by atomic mass is 9.92. The van der Waals surface area contributed by atoms with Crippen LogP contribution in [-0.4, -0.2) is 64.6 Å². The van der Waals surface area contributed by atoms with E-state index in [0.717, 1.165) is 66.3 Å². The van der Waals surface area contributed by atoms with Gasteiger partial charge in [0.1, 0.15) is 17.7 Å². The second kappa shape index (κ2) is 8.73. The number of carbonyl (C=O) groups is 1. The maximum Gasteiger partial charge on any atom is 0.253 e. The molecule has 6 rings (SSSR count). The van der Waals surface area contributed by atoms with Crippen molar-refractivity contribution in [2.45, 2.75) is 50.7 Å². The van der Waals surface area contributed by atoms with Gasteiger partial charge in [0.2, 0.25) is 0 Å². The molecule has 1 amide bonds. The molecule has 1 aliphatic heterocycles. The first-order valence-electron chi connectivity index (χ1n) is 12.7. The van der Waals surface area contributed by atoms with Crippen molar-refractivity contribution in [3.63, 3.8) is 0 Å². The van der Waals surface area contributed by atoms with Gasteiger partial charge in [-0.2, -0.15) is 0 Å². The Labute approximate surface area is 201 Å². The van der Waals surface area contributed by atoms with Crippen LogP contribution in [0.4, 0.5) is 0 Å². The predicted molar refractivity (Wildman–Crippen MR) is 134 cm³/mol. The zero-order valence-electron chi connectivity index (χ0n) is 20.2. The molecular weight excluding hydrogens is 424 g/mol. The van der Waals surface area contributed by atoms with Crippen molar-refractivity contribution in [2.24, 2.45) is 11.8 Å². The van der Waals surface area contributed by atoms with Gasteiger partial charge in [-0.3, -0.25) is 9.69 Å². The molecule has 2 bridgehead atoms. The Kier molecular flexibility index (Phi) is 5.56. The first-order valence-corrected chi connectivity index (χ1v) is 12.7. The van der Waals surface area contributed by atoms with Crippen molar-refractivity contribution in [1.82, 2.24) is 19.4 Å². The van der Waals surface area contributed by atoms with Crippen LogP contribution in [0.2, 0.25) is 0 Å². The Hall–Kier alpha value is -2.86. The van der Waals surface area contributed by atoms with Crippen molar-refractivity contribution in [3.8, 4) is 11.6 Å². The van der Waals surface area contributed by atoms with Gasteiger partial charge in [-0.05, 0) is 80.3 Å². The number of nitrogens with zero attached hydrogens (tertiary/aromatic N) is 4. The summed E-state index contributed by atoms with van der Waals surface area (Å²) in [4.78, 5) is 21.3. The molecule has 0 radical (unpaired) electrons. The summed E-state index contributed by atoms with van der Waals surface area (Å²) in [6.45, 7) is 2.33. The molecule has 3 atom stereocenters. The lowest BCUT2D eigenvalue weighted by molar-refractivity contribution is 0.0568. The van der Waals surface area contributed by atoms with Crippen LogP contribution in [-0.2, 0) is 0 Å². The number of hydrogen-bond donors (Lipinski definition) is 0. The summed E-state index contributed by atoms with van der Waals surface area (Å²) < 4.78 is 8.36. The molecule has 3 fully saturated rings. The second-order valence-corrected chi connectivity index (χ2v) is 10.6. The minimum atomic E-state index is 0.00980. The molecule has 1 unspecified atom stereocenters. The van der Waals surface area contributed by atoms with Gasteiger partial charge < -0.3 is 14.2 Å². The average Bonchev–Trinajstić information content (AvgIpc) is 3.60. The molecule has 6 heteroatoms. The summed E-state index contributed by atoms with van der Waals surface area (Å²) in [6.07, 6.45) is 12.2.